The van der Waals surface area contributed by atoms with Crippen LogP contribution in [0.25, 0.3) is 16.6 Å². The normalized spacial score (nSPS) is 10.9. The number of rotatable bonds is 1. The first-order valence-electron chi connectivity index (χ1n) is 5.09. The summed E-state index contributed by atoms with van der Waals surface area (Å²) >= 11 is 5.86. The summed E-state index contributed by atoms with van der Waals surface area (Å²) in [5.41, 5.74) is 8.29. The predicted molar refractivity (Wildman–Crippen MR) is 68.3 cm³/mol. The third-order valence-electron chi connectivity index (χ3n) is 2.58. The minimum absolute atomic E-state index is 0.589. The van der Waals surface area contributed by atoms with Gasteiger partial charge in [0.15, 0.2) is 0 Å². The van der Waals surface area contributed by atoms with E-state index >= 15 is 0 Å². The average molecular weight is 245 g/mol. The minimum atomic E-state index is 0.589. The number of nitrogens with two attached hydrogens (primary N) is 1. The average Bonchev–Trinajstić information content (AvgIpc) is 2.77. The van der Waals surface area contributed by atoms with E-state index in [1.165, 1.54) is 0 Å². The highest BCUT2D eigenvalue weighted by Crippen LogP contribution is 2.25. The van der Waals surface area contributed by atoms with Crippen molar-refractivity contribution in [2.75, 3.05) is 5.73 Å². The van der Waals surface area contributed by atoms with Crippen LogP contribution in [0.4, 0.5) is 5.69 Å². The van der Waals surface area contributed by atoms with Gasteiger partial charge in [0.05, 0.1) is 22.4 Å². The number of hydrogen-bond acceptors (Lipinski definition) is 3. The zero-order chi connectivity index (χ0) is 11.8. The lowest BCUT2D eigenvalue weighted by Crippen LogP contribution is -1.98. The molecule has 84 valence electrons. The fraction of sp³-hybridized carbons (Fsp3) is 0. The second-order valence-electron chi connectivity index (χ2n) is 3.68. The second-order valence-corrected chi connectivity index (χ2v) is 4.11. The number of hydrogen-bond donors (Lipinski definition) is 1. The van der Waals surface area contributed by atoms with Crippen LogP contribution >= 0.6 is 11.6 Å². The van der Waals surface area contributed by atoms with E-state index in [2.05, 4.69) is 10.1 Å². The molecule has 0 spiro atoms. The number of anilines is 1. The summed E-state index contributed by atoms with van der Waals surface area (Å²) in [7, 11) is 0. The fourth-order valence-electron chi connectivity index (χ4n) is 1.80. The Bertz CT molecular complexity index is 690. The van der Waals surface area contributed by atoms with Gasteiger partial charge in [-0.1, -0.05) is 11.6 Å². The zero-order valence-electron chi connectivity index (χ0n) is 8.84. The van der Waals surface area contributed by atoms with Gasteiger partial charge >= 0.3 is 0 Å². The van der Waals surface area contributed by atoms with E-state index in [0.717, 1.165) is 16.6 Å². The van der Waals surface area contributed by atoms with Gasteiger partial charge in [0.1, 0.15) is 0 Å². The summed E-state index contributed by atoms with van der Waals surface area (Å²) in [6, 6.07) is 7.52. The molecule has 0 aliphatic carbocycles. The van der Waals surface area contributed by atoms with Gasteiger partial charge in [-0.25, -0.2) is 4.68 Å². The Labute approximate surface area is 103 Å². The maximum absolute atomic E-state index is 5.91. The highest BCUT2D eigenvalue weighted by Gasteiger charge is 2.07. The molecule has 1 aromatic carbocycles. The first-order valence-corrected chi connectivity index (χ1v) is 5.47. The lowest BCUT2D eigenvalue weighted by Gasteiger charge is -2.07. The predicted octanol–water partition coefficient (Wildman–Crippen LogP) is 2.66. The van der Waals surface area contributed by atoms with E-state index in [1.54, 1.807) is 23.3 Å². The molecule has 0 bridgehead atoms. The molecule has 2 aromatic heterocycles. The first kappa shape index (κ1) is 10.1. The summed E-state index contributed by atoms with van der Waals surface area (Å²) in [5, 5.41) is 5.67. The third kappa shape index (κ3) is 1.62. The Morgan fingerprint density at radius 1 is 1.24 bits per heavy atom. The van der Waals surface area contributed by atoms with Crippen LogP contribution in [0.3, 0.4) is 0 Å². The van der Waals surface area contributed by atoms with Crippen LogP contribution in [0.2, 0.25) is 5.02 Å². The molecule has 0 aliphatic rings. The summed E-state index contributed by atoms with van der Waals surface area (Å²) < 4.78 is 1.69. The first-order chi connectivity index (χ1) is 8.25. The van der Waals surface area contributed by atoms with Crippen LogP contribution in [0, 0.1) is 0 Å². The van der Waals surface area contributed by atoms with E-state index in [0.29, 0.717) is 10.7 Å². The van der Waals surface area contributed by atoms with Crippen LogP contribution < -0.4 is 5.73 Å². The van der Waals surface area contributed by atoms with Crippen molar-refractivity contribution in [3.63, 3.8) is 0 Å². The second kappa shape index (κ2) is 3.75. The quantitative estimate of drug-likeness (QED) is 0.670. The zero-order valence-corrected chi connectivity index (χ0v) is 9.59. The molecule has 0 saturated carbocycles. The van der Waals surface area contributed by atoms with Crippen LogP contribution in [0.1, 0.15) is 0 Å². The van der Waals surface area contributed by atoms with Crippen molar-refractivity contribution in [1.29, 1.82) is 0 Å². The number of fused-ring (bicyclic) bond motifs is 1. The lowest BCUT2D eigenvalue weighted by atomic mass is 10.1. The number of nitrogens with zero attached hydrogens (tertiary/aromatic N) is 3. The number of pyridine rings is 1. The van der Waals surface area contributed by atoms with Crippen molar-refractivity contribution in [3.8, 4) is 5.69 Å². The lowest BCUT2D eigenvalue weighted by molar-refractivity contribution is 0.885. The van der Waals surface area contributed by atoms with Gasteiger partial charge in [-0.3, -0.25) is 4.98 Å². The van der Waals surface area contributed by atoms with Crippen LogP contribution in [0.15, 0.2) is 42.9 Å². The SMILES string of the molecule is Nc1ccc(-n2cc(Cl)cn2)c2ncccc12. The summed E-state index contributed by atoms with van der Waals surface area (Å²) in [6.07, 6.45) is 5.06. The molecule has 17 heavy (non-hydrogen) atoms. The molecule has 4 nitrogen and oxygen atoms in total. The molecule has 0 aliphatic heterocycles. The largest absolute Gasteiger partial charge is 0.398 e. The Kier molecular flexibility index (Phi) is 2.23. The molecular weight excluding hydrogens is 236 g/mol. The van der Waals surface area contributed by atoms with Crippen LogP contribution in [-0.2, 0) is 0 Å². The van der Waals surface area contributed by atoms with Gasteiger partial charge < -0.3 is 5.73 Å². The molecule has 5 heteroatoms. The standard InChI is InChI=1S/C12H9ClN4/c13-8-6-16-17(7-8)11-4-3-10(14)9-2-1-5-15-12(9)11/h1-7H,14H2. The Morgan fingerprint density at radius 2 is 2.12 bits per heavy atom. The van der Waals surface area contributed by atoms with E-state index in [9.17, 15) is 0 Å². The molecule has 0 atom stereocenters. The molecule has 0 amide bonds. The highest BCUT2D eigenvalue weighted by atomic mass is 35.5. The Balaban J connectivity index is 2.34. The monoisotopic (exact) mass is 244 g/mol. The van der Waals surface area contributed by atoms with E-state index in [4.69, 9.17) is 17.3 Å². The van der Waals surface area contributed by atoms with E-state index in [1.807, 2.05) is 24.3 Å². The van der Waals surface area contributed by atoms with Crippen molar-refractivity contribution in [2.24, 2.45) is 0 Å². The minimum Gasteiger partial charge on any atom is -0.398 e. The highest BCUT2D eigenvalue weighted by molar-refractivity contribution is 6.30. The molecule has 3 rings (SSSR count). The number of halogens is 1. The van der Waals surface area contributed by atoms with Crippen LogP contribution in [0.5, 0.6) is 0 Å². The molecule has 0 fully saturated rings. The number of nitrogen functional groups attached to an aromatic ring is 1. The fourth-order valence-corrected chi connectivity index (χ4v) is 1.93. The van der Waals surface area contributed by atoms with Gasteiger partial charge in [0.25, 0.3) is 0 Å². The van der Waals surface area contributed by atoms with Gasteiger partial charge in [0, 0.05) is 23.5 Å². The summed E-state index contributed by atoms with van der Waals surface area (Å²) in [4.78, 5) is 4.34. The van der Waals surface area contributed by atoms with Crippen molar-refractivity contribution < 1.29 is 0 Å². The molecule has 0 unspecified atom stereocenters. The summed E-state index contributed by atoms with van der Waals surface area (Å²) in [6.45, 7) is 0. The van der Waals surface area contributed by atoms with Gasteiger partial charge in [-0.05, 0) is 24.3 Å². The molecule has 0 radical (unpaired) electrons. The van der Waals surface area contributed by atoms with Gasteiger partial charge in [-0.15, -0.1) is 0 Å². The number of aromatic nitrogens is 3. The van der Waals surface area contributed by atoms with Gasteiger partial charge in [0.2, 0.25) is 0 Å². The maximum Gasteiger partial charge on any atom is 0.0979 e. The topological polar surface area (TPSA) is 56.7 Å². The van der Waals surface area contributed by atoms with Gasteiger partial charge in [-0.2, -0.15) is 5.10 Å². The molecular formula is C12H9ClN4. The van der Waals surface area contributed by atoms with Crippen molar-refractivity contribution in [2.45, 2.75) is 0 Å². The van der Waals surface area contributed by atoms with Crippen molar-refractivity contribution in [3.05, 3.63) is 47.9 Å². The van der Waals surface area contributed by atoms with E-state index < -0.39 is 0 Å². The Morgan fingerprint density at radius 3 is 2.88 bits per heavy atom. The molecule has 0 saturated heterocycles. The molecule has 2 heterocycles. The number of benzene rings is 1. The van der Waals surface area contributed by atoms with Crippen molar-refractivity contribution >= 4 is 28.2 Å². The Hall–Kier alpha value is -2.07. The molecule has 2 N–H and O–H groups in total. The summed E-state index contributed by atoms with van der Waals surface area (Å²) in [5.74, 6) is 0. The van der Waals surface area contributed by atoms with Crippen LogP contribution in [-0.4, -0.2) is 14.8 Å². The third-order valence-corrected chi connectivity index (χ3v) is 2.78. The molecule has 3 aromatic rings. The smallest absolute Gasteiger partial charge is 0.0979 e. The maximum atomic E-state index is 5.91. The van der Waals surface area contributed by atoms with Crippen molar-refractivity contribution in [1.82, 2.24) is 14.8 Å². The van der Waals surface area contributed by atoms with E-state index in [-0.39, 0.29) is 0 Å².